The fraction of sp³-hybridized carbons (Fsp3) is 0.786. The van der Waals surface area contributed by atoms with E-state index < -0.39 is 5.60 Å². The summed E-state index contributed by atoms with van der Waals surface area (Å²) in [4.78, 5) is 0. The molecule has 1 nitrogen and oxygen atoms in total. The molecule has 1 N–H and O–H groups in total. The molecule has 30 heavy (non-hydrogen) atoms. The molecule has 174 valence electrons. The summed E-state index contributed by atoms with van der Waals surface area (Å²) in [7, 11) is 3.07. The Balaban J connectivity index is 2.23. The van der Waals surface area contributed by atoms with Crippen LogP contribution in [0.2, 0.25) is 0 Å². The van der Waals surface area contributed by atoms with Crippen LogP contribution < -0.4 is 0 Å². The van der Waals surface area contributed by atoms with E-state index in [9.17, 15) is 5.11 Å². The van der Waals surface area contributed by atoms with Crippen LogP contribution in [0.1, 0.15) is 113 Å². The molecule has 5 unspecified atom stereocenters. The van der Waals surface area contributed by atoms with Gasteiger partial charge in [0.25, 0.3) is 0 Å². The lowest BCUT2D eigenvalue weighted by Crippen LogP contribution is -2.23. The normalized spacial score (nSPS) is 23.2. The van der Waals surface area contributed by atoms with Gasteiger partial charge in [-0.05, 0) is 83.5 Å². The van der Waals surface area contributed by atoms with Crippen molar-refractivity contribution in [3.8, 4) is 0 Å². The molecule has 0 bridgehead atoms. The van der Waals surface area contributed by atoms with Gasteiger partial charge in [0.1, 0.15) is 0 Å². The molecule has 2 heteroatoms. The van der Waals surface area contributed by atoms with Gasteiger partial charge in [-0.1, -0.05) is 81.9 Å². The van der Waals surface area contributed by atoms with Gasteiger partial charge in [-0.3, -0.25) is 0 Å². The van der Waals surface area contributed by atoms with Gasteiger partial charge in [0, 0.05) is 5.66 Å². The zero-order valence-corrected chi connectivity index (χ0v) is 22.3. The van der Waals surface area contributed by atoms with Gasteiger partial charge in [-0.2, -0.15) is 0 Å². The van der Waals surface area contributed by atoms with E-state index in [0.29, 0.717) is 11.6 Å². The second-order valence-electron chi connectivity index (χ2n) is 10.9. The van der Waals surface area contributed by atoms with Crippen LogP contribution >= 0.6 is 9.24 Å². The average molecular weight is 435 g/mol. The molecule has 0 aromatic heterocycles. The monoisotopic (exact) mass is 434 g/mol. The van der Waals surface area contributed by atoms with Gasteiger partial charge < -0.3 is 5.11 Å². The molecule has 1 aliphatic carbocycles. The van der Waals surface area contributed by atoms with Gasteiger partial charge in [0.15, 0.2) is 0 Å². The number of hydrogen-bond acceptors (Lipinski definition) is 1. The quantitative estimate of drug-likeness (QED) is 0.214. The van der Waals surface area contributed by atoms with Crippen molar-refractivity contribution in [3.05, 3.63) is 34.9 Å². The van der Waals surface area contributed by atoms with Crippen LogP contribution in [0, 0.1) is 17.8 Å². The molecule has 0 heterocycles. The highest BCUT2D eigenvalue weighted by atomic mass is 31.0. The smallest absolute Gasteiger partial charge is 0.0622 e. The van der Waals surface area contributed by atoms with E-state index in [2.05, 4.69) is 69.0 Å². The Hall–Kier alpha value is -0.390. The van der Waals surface area contributed by atoms with Gasteiger partial charge in [-0.15, -0.1) is 9.24 Å². The Morgan fingerprint density at radius 3 is 2.50 bits per heavy atom. The molecule has 5 atom stereocenters. The third kappa shape index (κ3) is 11.3. The fourth-order valence-corrected chi connectivity index (χ4v) is 4.97. The first-order valence-electron chi connectivity index (χ1n) is 12.5. The Kier molecular flexibility index (Phi) is 12.8. The molecule has 0 fully saturated rings. The predicted octanol–water partition coefficient (Wildman–Crippen LogP) is 8.64. The summed E-state index contributed by atoms with van der Waals surface area (Å²) < 4.78 is 0. The molecule has 0 amide bonds. The second-order valence-corrected chi connectivity index (χ2v) is 11.6. The average Bonchev–Trinajstić information content (AvgIpc) is 2.65. The molecule has 0 spiro atoms. The Morgan fingerprint density at radius 1 is 1.13 bits per heavy atom. The van der Waals surface area contributed by atoms with Gasteiger partial charge in [-0.25, -0.2) is 0 Å². The molecule has 0 radical (unpaired) electrons. The summed E-state index contributed by atoms with van der Waals surface area (Å²) in [5.41, 5.74) is 4.73. The molecule has 0 saturated heterocycles. The first-order chi connectivity index (χ1) is 14.0. The molecule has 0 aromatic rings. The summed E-state index contributed by atoms with van der Waals surface area (Å²) >= 11 is 0. The molecule has 1 aliphatic rings. The molecule has 0 aromatic carbocycles. The molecule has 0 aliphatic heterocycles. The van der Waals surface area contributed by atoms with E-state index in [4.69, 9.17) is 0 Å². The van der Waals surface area contributed by atoms with Crippen molar-refractivity contribution >= 4 is 9.24 Å². The Bertz CT molecular complexity index is 581. The second kappa shape index (κ2) is 13.9. The summed E-state index contributed by atoms with van der Waals surface area (Å²) in [6, 6.07) is 0. The minimum absolute atomic E-state index is 0.505. The fourth-order valence-electron chi connectivity index (χ4n) is 4.39. The zero-order chi connectivity index (χ0) is 22.7. The molecular weight excluding hydrogens is 383 g/mol. The van der Waals surface area contributed by atoms with Crippen molar-refractivity contribution in [1.29, 1.82) is 0 Å². The van der Waals surface area contributed by atoms with Crippen molar-refractivity contribution in [3.63, 3.8) is 0 Å². The molecule has 0 saturated carbocycles. The van der Waals surface area contributed by atoms with Crippen molar-refractivity contribution in [2.75, 3.05) is 0 Å². The minimum Gasteiger partial charge on any atom is -0.390 e. The van der Waals surface area contributed by atoms with E-state index in [1.807, 2.05) is 6.92 Å². The lowest BCUT2D eigenvalue weighted by atomic mass is 9.85. The van der Waals surface area contributed by atoms with Crippen molar-refractivity contribution in [2.24, 2.45) is 17.8 Å². The molecular formula is C28H51OP. The maximum Gasteiger partial charge on any atom is 0.0622 e. The topological polar surface area (TPSA) is 20.2 Å². The lowest BCUT2D eigenvalue weighted by Gasteiger charge is -2.27. The third-order valence-corrected chi connectivity index (χ3v) is 8.12. The number of hydrogen-bond donors (Lipinski definition) is 1. The van der Waals surface area contributed by atoms with E-state index in [1.54, 1.807) is 5.57 Å². The Labute approximate surface area is 191 Å². The van der Waals surface area contributed by atoms with Crippen LogP contribution in [0.4, 0.5) is 0 Å². The highest BCUT2D eigenvalue weighted by molar-refractivity contribution is 7.18. The number of rotatable bonds is 14. The van der Waals surface area contributed by atoms with Crippen molar-refractivity contribution < 1.29 is 5.11 Å². The van der Waals surface area contributed by atoms with Gasteiger partial charge >= 0.3 is 0 Å². The standard InChI is InChI=1S/C28H51OP/c1-21(2)11-9-19-28(7,29)20-10-14-22(3)12-8-13-23(4)15-17-26-18-16-24(5)25(6)27(26)30/h14,16,18,21,23,25,27,29H,8-13,15,17,19-20,30H2,1-7H3/b22-14+. The highest BCUT2D eigenvalue weighted by Gasteiger charge is 2.21. The van der Waals surface area contributed by atoms with Gasteiger partial charge in [0.05, 0.1) is 5.60 Å². The van der Waals surface area contributed by atoms with Crippen LogP contribution in [-0.2, 0) is 0 Å². The van der Waals surface area contributed by atoms with Gasteiger partial charge in [0.2, 0.25) is 0 Å². The third-order valence-electron chi connectivity index (χ3n) is 7.11. The summed E-state index contributed by atoms with van der Waals surface area (Å²) in [5.74, 6) is 2.19. The zero-order valence-electron chi connectivity index (χ0n) is 21.1. The summed E-state index contributed by atoms with van der Waals surface area (Å²) in [6.07, 6.45) is 18.6. The first-order valence-corrected chi connectivity index (χ1v) is 13.2. The SMILES string of the molecule is CC1=CC=C(CCC(C)CCC/C(C)=C/CCC(C)(O)CCCC(C)C)C(P)C1C. The lowest BCUT2D eigenvalue weighted by molar-refractivity contribution is 0.0395. The first kappa shape index (κ1) is 27.6. The van der Waals surface area contributed by atoms with Crippen LogP contribution in [-0.4, -0.2) is 16.4 Å². The maximum atomic E-state index is 10.6. The van der Waals surface area contributed by atoms with Crippen LogP contribution in [0.3, 0.4) is 0 Å². The maximum absolute atomic E-state index is 10.6. The molecule has 1 rings (SSSR count). The van der Waals surface area contributed by atoms with Crippen LogP contribution in [0.5, 0.6) is 0 Å². The van der Waals surface area contributed by atoms with E-state index in [0.717, 1.165) is 37.5 Å². The highest BCUT2D eigenvalue weighted by Crippen LogP contribution is 2.34. The summed E-state index contributed by atoms with van der Waals surface area (Å²) in [6.45, 7) is 15.8. The Morgan fingerprint density at radius 2 is 1.83 bits per heavy atom. The van der Waals surface area contributed by atoms with E-state index >= 15 is 0 Å². The van der Waals surface area contributed by atoms with E-state index in [-0.39, 0.29) is 0 Å². The van der Waals surface area contributed by atoms with Crippen molar-refractivity contribution in [2.45, 2.75) is 124 Å². The number of allylic oxidation sites excluding steroid dienone is 6. The summed E-state index contributed by atoms with van der Waals surface area (Å²) in [5, 5.41) is 10.6. The predicted molar refractivity (Wildman–Crippen MR) is 139 cm³/mol. The minimum atomic E-state index is -0.505. The van der Waals surface area contributed by atoms with E-state index in [1.165, 1.54) is 49.7 Å². The number of aliphatic hydroxyl groups is 1. The largest absolute Gasteiger partial charge is 0.390 e. The van der Waals surface area contributed by atoms with Crippen LogP contribution in [0.25, 0.3) is 0 Å². The van der Waals surface area contributed by atoms with Crippen molar-refractivity contribution in [1.82, 2.24) is 0 Å². The van der Waals surface area contributed by atoms with Crippen LogP contribution in [0.15, 0.2) is 34.9 Å².